The Hall–Kier alpha value is -0.880. The van der Waals surface area contributed by atoms with Crippen molar-refractivity contribution in [1.29, 1.82) is 0 Å². The number of aromatic nitrogens is 2. The summed E-state index contributed by atoms with van der Waals surface area (Å²) in [5.74, 6) is 0. The molecule has 0 saturated carbocycles. The average molecular weight is 341 g/mol. The lowest BCUT2D eigenvalue weighted by molar-refractivity contribution is 0.724. The molecule has 0 fully saturated rings. The molecule has 0 amide bonds. The molecule has 0 unspecified atom stereocenters. The Morgan fingerprint density at radius 3 is 2.65 bits per heavy atom. The van der Waals surface area contributed by atoms with Crippen LogP contribution < -0.4 is 5.32 Å². The normalized spacial score (nSPS) is 10.8. The quantitative estimate of drug-likeness (QED) is 0.867. The summed E-state index contributed by atoms with van der Waals surface area (Å²) in [6.45, 7) is 3.95. The molecule has 0 aliphatic rings. The first-order valence-electron chi connectivity index (χ1n) is 5.70. The van der Waals surface area contributed by atoms with E-state index in [4.69, 9.17) is 0 Å². The van der Waals surface area contributed by atoms with Gasteiger partial charge in [-0.3, -0.25) is 4.68 Å². The van der Waals surface area contributed by atoms with E-state index in [9.17, 15) is 0 Å². The highest BCUT2D eigenvalue weighted by Crippen LogP contribution is 2.22. The minimum absolute atomic E-state index is 0.867. The predicted molar refractivity (Wildman–Crippen MR) is 78.7 cm³/mol. The van der Waals surface area contributed by atoms with Crippen LogP contribution in [0.15, 0.2) is 30.5 Å². The molecule has 17 heavy (non-hydrogen) atoms. The molecular formula is C13H16IN3. The molecule has 90 valence electrons. The summed E-state index contributed by atoms with van der Waals surface area (Å²) in [7, 11) is 1.96. The second-order valence-corrected chi connectivity index (χ2v) is 5.21. The van der Waals surface area contributed by atoms with Gasteiger partial charge in [-0.05, 0) is 41.3 Å². The van der Waals surface area contributed by atoms with Gasteiger partial charge in [-0.1, -0.05) is 19.1 Å². The average Bonchev–Trinajstić information content (AvgIpc) is 2.69. The van der Waals surface area contributed by atoms with Crippen LogP contribution in [0.1, 0.15) is 12.5 Å². The van der Waals surface area contributed by atoms with Crippen molar-refractivity contribution in [2.24, 2.45) is 7.05 Å². The Kier molecular flexibility index (Phi) is 4.17. The van der Waals surface area contributed by atoms with Crippen LogP contribution in [0, 0.1) is 3.57 Å². The molecule has 1 aromatic carbocycles. The third-order valence-electron chi connectivity index (χ3n) is 2.59. The van der Waals surface area contributed by atoms with Crippen molar-refractivity contribution in [3.63, 3.8) is 0 Å². The van der Waals surface area contributed by atoms with Crippen LogP contribution in [0.25, 0.3) is 11.3 Å². The Bertz CT molecular complexity index is 488. The Morgan fingerprint density at radius 2 is 2.00 bits per heavy atom. The highest BCUT2D eigenvalue weighted by atomic mass is 127. The van der Waals surface area contributed by atoms with Gasteiger partial charge in [-0.15, -0.1) is 0 Å². The van der Waals surface area contributed by atoms with Crippen molar-refractivity contribution in [2.45, 2.75) is 13.5 Å². The van der Waals surface area contributed by atoms with Gasteiger partial charge < -0.3 is 5.32 Å². The topological polar surface area (TPSA) is 29.9 Å². The minimum Gasteiger partial charge on any atom is -0.313 e. The number of aryl methyl sites for hydroxylation is 1. The lowest BCUT2D eigenvalue weighted by atomic mass is 10.1. The van der Waals surface area contributed by atoms with Crippen molar-refractivity contribution >= 4 is 22.6 Å². The number of hydrogen-bond donors (Lipinski definition) is 1. The van der Waals surface area contributed by atoms with Crippen LogP contribution in [0.3, 0.4) is 0 Å². The van der Waals surface area contributed by atoms with Crippen LogP contribution in [-0.4, -0.2) is 16.3 Å². The first kappa shape index (κ1) is 12.6. The summed E-state index contributed by atoms with van der Waals surface area (Å²) in [5.41, 5.74) is 3.50. The maximum Gasteiger partial charge on any atom is 0.0967 e. The highest BCUT2D eigenvalue weighted by molar-refractivity contribution is 14.1. The molecule has 2 aromatic rings. The predicted octanol–water partition coefficient (Wildman–Crippen LogP) is 2.80. The maximum absolute atomic E-state index is 4.54. The number of nitrogens with one attached hydrogen (secondary N) is 1. The summed E-state index contributed by atoms with van der Waals surface area (Å²) in [6.07, 6.45) is 2.08. The fourth-order valence-electron chi connectivity index (χ4n) is 1.78. The molecule has 0 aliphatic heterocycles. The third-order valence-corrected chi connectivity index (χ3v) is 3.31. The SMILES string of the molecule is CCNCc1cn(C)nc1-c1ccc(I)cc1. The Balaban J connectivity index is 2.33. The van der Waals surface area contributed by atoms with E-state index in [0.717, 1.165) is 18.8 Å². The molecule has 0 atom stereocenters. The van der Waals surface area contributed by atoms with Gasteiger partial charge >= 0.3 is 0 Å². The van der Waals surface area contributed by atoms with Crippen molar-refractivity contribution in [1.82, 2.24) is 15.1 Å². The molecule has 3 nitrogen and oxygen atoms in total. The summed E-state index contributed by atoms with van der Waals surface area (Å²) in [4.78, 5) is 0. The van der Waals surface area contributed by atoms with Gasteiger partial charge in [-0.25, -0.2) is 0 Å². The van der Waals surface area contributed by atoms with Crippen molar-refractivity contribution < 1.29 is 0 Å². The highest BCUT2D eigenvalue weighted by Gasteiger charge is 2.09. The van der Waals surface area contributed by atoms with E-state index >= 15 is 0 Å². The molecule has 0 spiro atoms. The van der Waals surface area contributed by atoms with Crippen molar-refractivity contribution in [3.05, 3.63) is 39.6 Å². The summed E-state index contributed by atoms with van der Waals surface area (Å²) < 4.78 is 3.12. The second kappa shape index (κ2) is 5.64. The fourth-order valence-corrected chi connectivity index (χ4v) is 2.14. The molecule has 0 radical (unpaired) electrons. The maximum atomic E-state index is 4.54. The van der Waals surface area contributed by atoms with Crippen LogP contribution in [0.4, 0.5) is 0 Å². The zero-order chi connectivity index (χ0) is 12.3. The second-order valence-electron chi connectivity index (χ2n) is 3.96. The van der Waals surface area contributed by atoms with E-state index in [2.05, 4.69) is 70.4 Å². The van der Waals surface area contributed by atoms with E-state index < -0.39 is 0 Å². The molecule has 0 aliphatic carbocycles. The van der Waals surface area contributed by atoms with Gasteiger partial charge in [0.25, 0.3) is 0 Å². The molecule has 2 rings (SSSR count). The number of halogens is 1. The summed E-state index contributed by atoms with van der Waals surface area (Å²) in [5, 5.41) is 7.88. The van der Waals surface area contributed by atoms with Crippen LogP contribution in [0.2, 0.25) is 0 Å². The smallest absolute Gasteiger partial charge is 0.0967 e. The number of nitrogens with zero attached hydrogens (tertiary/aromatic N) is 2. The van der Waals surface area contributed by atoms with Gasteiger partial charge in [0.2, 0.25) is 0 Å². The van der Waals surface area contributed by atoms with Crippen LogP contribution >= 0.6 is 22.6 Å². The first-order chi connectivity index (χ1) is 8.20. The van der Waals surface area contributed by atoms with Crippen molar-refractivity contribution in [3.8, 4) is 11.3 Å². The summed E-state index contributed by atoms with van der Waals surface area (Å²) in [6, 6.07) is 8.47. The first-order valence-corrected chi connectivity index (χ1v) is 6.77. The zero-order valence-corrected chi connectivity index (χ0v) is 12.2. The standard InChI is InChI=1S/C13H16IN3/c1-3-15-8-11-9-17(2)16-13(11)10-4-6-12(14)7-5-10/h4-7,9,15H,3,8H2,1-2H3. The number of hydrogen-bond acceptors (Lipinski definition) is 2. The molecule has 0 bridgehead atoms. The molecule has 0 saturated heterocycles. The van der Waals surface area contributed by atoms with Crippen LogP contribution in [0.5, 0.6) is 0 Å². The Labute approximate surface area is 115 Å². The van der Waals surface area contributed by atoms with Gasteiger partial charge in [-0.2, -0.15) is 5.10 Å². The van der Waals surface area contributed by atoms with Crippen LogP contribution in [-0.2, 0) is 13.6 Å². The van der Waals surface area contributed by atoms with Gasteiger partial charge in [0, 0.05) is 34.5 Å². The van der Waals surface area contributed by atoms with Gasteiger partial charge in [0.1, 0.15) is 0 Å². The summed E-state index contributed by atoms with van der Waals surface area (Å²) >= 11 is 2.31. The number of rotatable bonds is 4. The fraction of sp³-hybridized carbons (Fsp3) is 0.308. The monoisotopic (exact) mass is 341 g/mol. The lowest BCUT2D eigenvalue weighted by Crippen LogP contribution is -2.11. The van der Waals surface area contributed by atoms with E-state index in [0.29, 0.717) is 0 Å². The van der Waals surface area contributed by atoms with Crippen molar-refractivity contribution in [2.75, 3.05) is 6.54 Å². The zero-order valence-electron chi connectivity index (χ0n) is 10.1. The molecule has 1 aromatic heterocycles. The number of benzene rings is 1. The van der Waals surface area contributed by atoms with E-state index in [1.165, 1.54) is 14.7 Å². The molecule has 1 heterocycles. The molecule has 4 heteroatoms. The molecular weight excluding hydrogens is 325 g/mol. The van der Waals surface area contributed by atoms with E-state index in [1.54, 1.807) is 0 Å². The largest absolute Gasteiger partial charge is 0.313 e. The third kappa shape index (κ3) is 3.07. The van der Waals surface area contributed by atoms with E-state index in [-0.39, 0.29) is 0 Å². The molecule has 1 N–H and O–H groups in total. The lowest BCUT2D eigenvalue weighted by Gasteiger charge is -2.03. The van der Waals surface area contributed by atoms with E-state index in [1.807, 2.05) is 11.7 Å². The van der Waals surface area contributed by atoms with Gasteiger partial charge in [0.05, 0.1) is 5.69 Å². The van der Waals surface area contributed by atoms with Gasteiger partial charge in [0.15, 0.2) is 0 Å². The minimum atomic E-state index is 0.867. The Morgan fingerprint density at radius 1 is 1.29 bits per heavy atom.